The Morgan fingerprint density at radius 2 is 1.07 bits per heavy atom. The summed E-state index contributed by atoms with van der Waals surface area (Å²) in [5, 5.41) is 1.28. The molecule has 4 aromatic carbocycles. The highest BCUT2D eigenvalue weighted by atomic mass is 14.9. The fourth-order valence-corrected chi connectivity index (χ4v) is 3.77. The second kappa shape index (κ2) is 7.21. The largest absolute Gasteiger partial charge is 0.343 e. The molecule has 0 spiro atoms. The van der Waals surface area contributed by atoms with Crippen molar-refractivity contribution in [1.82, 2.24) is 4.57 Å². The maximum absolute atomic E-state index is 2.33. The van der Waals surface area contributed by atoms with Crippen molar-refractivity contribution in [2.45, 2.75) is 6.54 Å². The van der Waals surface area contributed by atoms with Gasteiger partial charge in [0.2, 0.25) is 0 Å². The predicted octanol–water partition coefficient (Wildman–Crippen LogP) is 7.02. The summed E-state index contributed by atoms with van der Waals surface area (Å²) in [6.07, 6.45) is 2.18. The molecular weight excluding hydrogens is 338 g/mol. The first-order chi connectivity index (χ1) is 13.9. The monoisotopic (exact) mass is 359 g/mol. The fourth-order valence-electron chi connectivity index (χ4n) is 3.77. The molecule has 0 bridgehead atoms. The van der Waals surface area contributed by atoms with Crippen molar-refractivity contribution in [3.63, 3.8) is 0 Å². The molecule has 0 fully saturated rings. The average molecular weight is 359 g/mol. The SMILES string of the molecule is c1ccc(Cn2ccc3ccc(-c4ccc(-c5ccccc5)cc4)cc32)cc1. The van der Waals surface area contributed by atoms with Crippen LogP contribution in [-0.4, -0.2) is 4.57 Å². The van der Waals surface area contributed by atoms with Crippen molar-refractivity contribution < 1.29 is 0 Å². The third-order valence-electron chi connectivity index (χ3n) is 5.30. The van der Waals surface area contributed by atoms with E-state index in [9.17, 15) is 0 Å². The summed E-state index contributed by atoms with van der Waals surface area (Å²) >= 11 is 0. The minimum Gasteiger partial charge on any atom is -0.343 e. The summed E-state index contributed by atoms with van der Waals surface area (Å²) in [4.78, 5) is 0. The van der Waals surface area contributed by atoms with Crippen molar-refractivity contribution >= 4 is 10.9 Å². The highest BCUT2D eigenvalue weighted by molar-refractivity contribution is 5.86. The van der Waals surface area contributed by atoms with Gasteiger partial charge in [0.15, 0.2) is 0 Å². The average Bonchev–Trinajstić information content (AvgIpc) is 3.17. The predicted molar refractivity (Wildman–Crippen MR) is 118 cm³/mol. The minimum absolute atomic E-state index is 0.890. The van der Waals surface area contributed by atoms with Gasteiger partial charge >= 0.3 is 0 Å². The first-order valence-electron chi connectivity index (χ1n) is 9.65. The van der Waals surface area contributed by atoms with Crippen LogP contribution in [0.15, 0.2) is 115 Å². The number of benzene rings is 4. The summed E-state index contributed by atoms with van der Waals surface area (Å²) in [5.41, 5.74) is 7.58. The van der Waals surface area contributed by atoms with Crippen LogP contribution in [0.2, 0.25) is 0 Å². The van der Waals surface area contributed by atoms with Gasteiger partial charge in [0, 0.05) is 18.3 Å². The molecule has 5 aromatic rings. The van der Waals surface area contributed by atoms with Gasteiger partial charge in [-0.25, -0.2) is 0 Å². The van der Waals surface area contributed by atoms with Crippen LogP contribution in [0.1, 0.15) is 5.56 Å². The Hall–Kier alpha value is -3.58. The molecule has 0 saturated carbocycles. The molecule has 1 heteroatoms. The maximum Gasteiger partial charge on any atom is 0.0489 e. The van der Waals surface area contributed by atoms with E-state index in [1.54, 1.807) is 0 Å². The second-order valence-corrected chi connectivity index (χ2v) is 7.15. The normalized spacial score (nSPS) is 11.0. The Morgan fingerprint density at radius 1 is 0.500 bits per heavy atom. The number of hydrogen-bond donors (Lipinski definition) is 0. The van der Waals surface area contributed by atoms with Crippen LogP contribution in [-0.2, 0) is 6.54 Å². The molecule has 0 aliphatic heterocycles. The van der Waals surface area contributed by atoms with E-state index in [0.29, 0.717) is 0 Å². The van der Waals surface area contributed by atoms with Gasteiger partial charge in [-0.2, -0.15) is 0 Å². The summed E-state index contributed by atoms with van der Waals surface area (Å²) in [6, 6.07) is 38.9. The highest BCUT2D eigenvalue weighted by Crippen LogP contribution is 2.28. The number of aromatic nitrogens is 1. The zero-order valence-electron chi connectivity index (χ0n) is 15.6. The van der Waals surface area contributed by atoms with Crippen molar-refractivity contribution in [1.29, 1.82) is 0 Å². The molecule has 0 radical (unpaired) electrons. The summed E-state index contributed by atoms with van der Waals surface area (Å²) < 4.78 is 2.33. The quantitative estimate of drug-likeness (QED) is 0.325. The van der Waals surface area contributed by atoms with E-state index in [0.717, 1.165) is 6.54 Å². The molecule has 0 amide bonds. The number of rotatable bonds is 4. The maximum atomic E-state index is 2.33. The molecule has 0 saturated heterocycles. The fraction of sp³-hybridized carbons (Fsp3) is 0.0370. The van der Waals surface area contributed by atoms with Crippen molar-refractivity contribution in [2.75, 3.05) is 0 Å². The smallest absolute Gasteiger partial charge is 0.0489 e. The Kier molecular flexibility index (Phi) is 4.27. The third-order valence-corrected chi connectivity index (χ3v) is 5.30. The first kappa shape index (κ1) is 16.6. The third kappa shape index (κ3) is 3.23. The Morgan fingerprint density at radius 3 is 1.79 bits per heavy atom. The molecular formula is C27H21N. The van der Waals surface area contributed by atoms with Gasteiger partial charge in [-0.1, -0.05) is 97.1 Å². The van der Waals surface area contributed by atoms with E-state index in [-0.39, 0.29) is 0 Å². The van der Waals surface area contributed by atoms with Crippen LogP contribution in [0.25, 0.3) is 33.2 Å². The lowest BCUT2D eigenvalue weighted by molar-refractivity contribution is 0.837. The van der Waals surface area contributed by atoms with Crippen LogP contribution in [0, 0.1) is 0 Å². The van der Waals surface area contributed by atoms with Gasteiger partial charge < -0.3 is 4.57 Å². The number of fused-ring (bicyclic) bond motifs is 1. The zero-order valence-corrected chi connectivity index (χ0v) is 15.6. The Bertz CT molecular complexity index is 1200. The standard InChI is InChI=1S/C27H21N/c1-3-7-21(8-4-1)20-28-18-17-25-15-16-26(19-27(25)28)24-13-11-23(12-14-24)22-9-5-2-6-10-22/h1-19H,20H2. The van der Waals surface area contributed by atoms with E-state index in [4.69, 9.17) is 0 Å². The van der Waals surface area contributed by atoms with Crippen molar-refractivity contribution in [2.24, 2.45) is 0 Å². The van der Waals surface area contributed by atoms with E-state index in [2.05, 4.69) is 120 Å². The topological polar surface area (TPSA) is 4.93 Å². The lowest BCUT2D eigenvalue weighted by atomic mass is 10.00. The summed E-state index contributed by atoms with van der Waals surface area (Å²) in [5.74, 6) is 0. The van der Waals surface area contributed by atoms with Gasteiger partial charge in [0.25, 0.3) is 0 Å². The van der Waals surface area contributed by atoms with E-state index >= 15 is 0 Å². The van der Waals surface area contributed by atoms with Crippen LogP contribution < -0.4 is 0 Å². The van der Waals surface area contributed by atoms with Crippen LogP contribution >= 0.6 is 0 Å². The van der Waals surface area contributed by atoms with Gasteiger partial charge in [-0.3, -0.25) is 0 Å². The van der Waals surface area contributed by atoms with Crippen LogP contribution in [0.3, 0.4) is 0 Å². The molecule has 1 heterocycles. The molecule has 28 heavy (non-hydrogen) atoms. The van der Waals surface area contributed by atoms with Crippen LogP contribution in [0.5, 0.6) is 0 Å². The number of nitrogens with zero attached hydrogens (tertiary/aromatic N) is 1. The number of hydrogen-bond acceptors (Lipinski definition) is 0. The molecule has 5 rings (SSSR count). The van der Waals surface area contributed by atoms with Crippen molar-refractivity contribution in [3.8, 4) is 22.3 Å². The lowest BCUT2D eigenvalue weighted by Crippen LogP contribution is -1.97. The zero-order chi connectivity index (χ0) is 18.8. The van der Waals surface area contributed by atoms with Gasteiger partial charge in [0.1, 0.15) is 0 Å². The molecule has 1 aromatic heterocycles. The summed E-state index contributed by atoms with van der Waals surface area (Å²) in [7, 11) is 0. The Balaban J connectivity index is 1.48. The molecule has 0 unspecified atom stereocenters. The molecule has 134 valence electrons. The summed E-state index contributed by atoms with van der Waals surface area (Å²) in [6.45, 7) is 0.890. The van der Waals surface area contributed by atoms with Crippen molar-refractivity contribution in [3.05, 3.63) is 121 Å². The first-order valence-corrected chi connectivity index (χ1v) is 9.65. The lowest BCUT2D eigenvalue weighted by Gasteiger charge is -2.09. The van der Waals surface area contributed by atoms with E-state index in [1.165, 1.54) is 38.7 Å². The Labute approximate surface area is 165 Å². The molecule has 0 atom stereocenters. The van der Waals surface area contributed by atoms with Gasteiger partial charge in [0.05, 0.1) is 0 Å². The molecule has 0 N–H and O–H groups in total. The molecule has 0 aliphatic carbocycles. The van der Waals surface area contributed by atoms with Gasteiger partial charge in [-0.15, -0.1) is 0 Å². The highest BCUT2D eigenvalue weighted by Gasteiger charge is 2.06. The minimum atomic E-state index is 0.890. The van der Waals surface area contributed by atoms with E-state index in [1.807, 2.05) is 0 Å². The van der Waals surface area contributed by atoms with Crippen LogP contribution in [0.4, 0.5) is 0 Å². The van der Waals surface area contributed by atoms with E-state index < -0.39 is 0 Å². The molecule has 1 nitrogen and oxygen atoms in total. The second-order valence-electron chi connectivity index (χ2n) is 7.15. The molecule has 0 aliphatic rings. The van der Waals surface area contributed by atoms with Gasteiger partial charge in [-0.05, 0) is 45.3 Å².